The number of aryl methyl sites for hydroxylation is 1. The zero-order valence-electron chi connectivity index (χ0n) is 23.0. The molecule has 2 aromatic rings. The number of carboxylic acids is 1. The second kappa shape index (κ2) is 15.8. The highest BCUT2D eigenvalue weighted by Crippen LogP contribution is 2.33. The molecule has 1 aromatic heterocycles. The fourth-order valence-corrected chi connectivity index (χ4v) is 5.33. The molecule has 0 bridgehead atoms. The number of thioether (sulfide) groups is 1. The highest BCUT2D eigenvalue weighted by Gasteiger charge is 2.25. The topological polar surface area (TPSA) is 130 Å². The average Bonchev–Trinajstić information content (AvgIpc) is 3.28. The van der Waals surface area contributed by atoms with E-state index in [0.717, 1.165) is 30.4 Å². The minimum atomic E-state index is -1.08. The Morgan fingerprint density at radius 3 is 2.62 bits per heavy atom. The van der Waals surface area contributed by atoms with Crippen LogP contribution >= 0.6 is 11.8 Å². The van der Waals surface area contributed by atoms with Gasteiger partial charge in [0.15, 0.2) is 0 Å². The van der Waals surface area contributed by atoms with Crippen molar-refractivity contribution in [3.63, 3.8) is 0 Å². The summed E-state index contributed by atoms with van der Waals surface area (Å²) in [4.78, 5) is 49.0. The number of aromatic nitrogens is 1. The van der Waals surface area contributed by atoms with Gasteiger partial charge in [-0.15, -0.1) is 18.3 Å². The first kappa shape index (κ1) is 31.7. The minimum absolute atomic E-state index is 0.0873. The molecule has 39 heavy (non-hydrogen) atoms. The Morgan fingerprint density at radius 2 is 1.97 bits per heavy atom. The molecule has 1 unspecified atom stereocenters. The number of hydrogen-bond acceptors (Lipinski definition) is 5. The molecule has 9 nitrogen and oxygen atoms in total. The summed E-state index contributed by atoms with van der Waals surface area (Å²) in [6, 6.07) is 8.26. The molecule has 0 saturated carbocycles. The van der Waals surface area contributed by atoms with Crippen molar-refractivity contribution in [1.29, 1.82) is 0 Å². The van der Waals surface area contributed by atoms with Crippen molar-refractivity contribution in [3.8, 4) is 0 Å². The molecule has 0 fully saturated rings. The van der Waals surface area contributed by atoms with Gasteiger partial charge in [0.1, 0.15) is 6.04 Å². The SMILES string of the molecule is C=CCC(C)(CCC)SCC(=O)NCC(=O)N[C@@H](CCC(=O)O)C(=O)Nc1cccc(Cn2ccc(C)c2)c1. The molecule has 0 saturated heterocycles. The fraction of sp³-hybridized carbons (Fsp3) is 0.448. The van der Waals surface area contributed by atoms with E-state index in [1.165, 1.54) is 11.8 Å². The van der Waals surface area contributed by atoms with E-state index in [-0.39, 0.29) is 35.8 Å². The van der Waals surface area contributed by atoms with Gasteiger partial charge in [0.05, 0.1) is 12.3 Å². The Labute approximate surface area is 234 Å². The van der Waals surface area contributed by atoms with Gasteiger partial charge in [-0.3, -0.25) is 19.2 Å². The molecule has 1 aromatic carbocycles. The largest absolute Gasteiger partial charge is 0.481 e. The molecular formula is C29H40N4O5S. The summed E-state index contributed by atoms with van der Waals surface area (Å²) in [5.41, 5.74) is 2.66. The number of nitrogens with zero attached hydrogens (tertiary/aromatic N) is 1. The standard InChI is InChI=1S/C29H40N4O5S/c1-5-13-29(4,14-6-2)39-20-26(35)30-17-25(34)32-24(10-11-27(36)37)28(38)31-23-9-7-8-22(16-23)19-33-15-12-21(3)18-33/h5,7-9,12,15-16,18,24H,1,6,10-11,13-14,17,19-20H2,2-4H3,(H,30,35)(H,31,38)(H,32,34)(H,36,37)/t24-,29?/m0/s1. The van der Waals surface area contributed by atoms with Gasteiger partial charge in [0.25, 0.3) is 0 Å². The number of amides is 3. The van der Waals surface area contributed by atoms with E-state index >= 15 is 0 Å². The van der Waals surface area contributed by atoms with Crippen LogP contribution in [-0.4, -0.2) is 56.5 Å². The molecule has 212 valence electrons. The van der Waals surface area contributed by atoms with Crippen LogP contribution < -0.4 is 16.0 Å². The molecule has 2 atom stereocenters. The van der Waals surface area contributed by atoms with Crippen LogP contribution in [0.3, 0.4) is 0 Å². The van der Waals surface area contributed by atoms with Gasteiger partial charge in [-0.05, 0) is 55.5 Å². The summed E-state index contributed by atoms with van der Waals surface area (Å²) < 4.78 is 1.93. The Hall–Kier alpha value is -3.53. The molecular weight excluding hydrogens is 516 g/mol. The first-order valence-corrected chi connectivity index (χ1v) is 14.1. The highest BCUT2D eigenvalue weighted by atomic mass is 32.2. The lowest BCUT2D eigenvalue weighted by molar-refractivity contribution is -0.137. The molecule has 2 rings (SSSR count). The van der Waals surface area contributed by atoms with Crippen molar-refractivity contribution in [2.45, 2.75) is 70.2 Å². The Kier molecular flexibility index (Phi) is 12.8. The first-order valence-electron chi connectivity index (χ1n) is 13.1. The van der Waals surface area contributed by atoms with Crippen molar-refractivity contribution < 1.29 is 24.3 Å². The van der Waals surface area contributed by atoms with Crippen LogP contribution in [0.4, 0.5) is 5.69 Å². The lowest BCUT2D eigenvalue weighted by Gasteiger charge is -2.27. The predicted octanol–water partition coefficient (Wildman–Crippen LogP) is 4.12. The maximum absolute atomic E-state index is 13.0. The zero-order chi connectivity index (χ0) is 28.8. The molecule has 0 spiro atoms. The van der Waals surface area contributed by atoms with Gasteiger partial charge in [-0.25, -0.2) is 0 Å². The van der Waals surface area contributed by atoms with Crippen LogP contribution in [0.1, 0.15) is 57.1 Å². The van der Waals surface area contributed by atoms with Crippen LogP contribution in [-0.2, 0) is 25.7 Å². The number of hydrogen-bond donors (Lipinski definition) is 4. The lowest BCUT2D eigenvalue weighted by Crippen LogP contribution is -2.48. The normalized spacial score (nSPS) is 13.1. The third-order valence-corrected chi connectivity index (χ3v) is 7.58. The fourth-order valence-electron chi connectivity index (χ4n) is 4.17. The molecule has 0 aliphatic heterocycles. The second-order valence-corrected chi connectivity index (χ2v) is 11.4. The Bertz CT molecular complexity index is 1150. The lowest BCUT2D eigenvalue weighted by atomic mass is 10.0. The van der Waals surface area contributed by atoms with E-state index < -0.39 is 23.8 Å². The number of rotatable bonds is 17. The molecule has 0 aliphatic rings. The third-order valence-electron chi connectivity index (χ3n) is 6.11. The summed E-state index contributed by atoms with van der Waals surface area (Å²) in [5, 5.41) is 17.0. The minimum Gasteiger partial charge on any atom is -0.481 e. The number of benzene rings is 1. The first-order chi connectivity index (χ1) is 18.5. The summed E-state index contributed by atoms with van der Waals surface area (Å²) >= 11 is 1.52. The number of aliphatic carboxylic acids is 1. The number of carbonyl (C=O) groups excluding carboxylic acids is 3. The van der Waals surface area contributed by atoms with Gasteiger partial charge in [0, 0.05) is 35.8 Å². The van der Waals surface area contributed by atoms with Crippen LogP contribution in [0.25, 0.3) is 0 Å². The highest BCUT2D eigenvalue weighted by molar-refractivity contribution is 8.01. The van der Waals surface area contributed by atoms with Crippen molar-refractivity contribution >= 4 is 41.1 Å². The molecule has 0 radical (unpaired) electrons. The van der Waals surface area contributed by atoms with Crippen LogP contribution in [0.2, 0.25) is 0 Å². The Morgan fingerprint density at radius 1 is 1.21 bits per heavy atom. The van der Waals surface area contributed by atoms with E-state index in [1.807, 2.05) is 54.2 Å². The van der Waals surface area contributed by atoms with E-state index in [1.54, 1.807) is 6.07 Å². The molecule has 10 heteroatoms. The molecule has 3 amide bonds. The zero-order valence-corrected chi connectivity index (χ0v) is 23.8. The number of anilines is 1. The number of allylic oxidation sites excluding steroid dienone is 1. The smallest absolute Gasteiger partial charge is 0.303 e. The van der Waals surface area contributed by atoms with Crippen molar-refractivity contribution in [2.24, 2.45) is 0 Å². The van der Waals surface area contributed by atoms with Gasteiger partial charge >= 0.3 is 5.97 Å². The summed E-state index contributed by atoms with van der Waals surface area (Å²) in [7, 11) is 0. The van der Waals surface area contributed by atoms with E-state index in [2.05, 4.69) is 36.4 Å². The van der Waals surface area contributed by atoms with Crippen LogP contribution in [0, 0.1) is 6.92 Å². The number of carbonyl (C=O) groups is 4. The third kappa shape index (κ3) is 11.8. The van der Waals surface area contributed by atoms with Gasteiger partial charge < -0.3 is 25.6 Å². The van der Waals surface area contributed by atoms with Gasteiger partial charge in [0.2, 0.25) is 17.7 Å². The maximum Gasteiger partial charge on any atom is 0.303 e. The molecule has 1 heterocycles. The molecule has 0 aliphatic carbocycles. The summed E-state index contributed by atoms with van der Waals surface area (Å²) in [5.74, 6) is -2.27. The monoisotopic (exact) mass is 556 g/mol. The summed E-state index contributed by atoms with van der Waals surface area (Å²) in [6.45, 7) is 10.3. The van der Waals surface area contributed by atoms with Crippen LogP contribution in [0.5, 0.6) is 0 Å². The molecule has 4 N–H and O–H groups in total. The maximum atomic E-state index is 13.0. The average molecular weight is 557 g/mol. The van der Waals surface area contributed by atoms with Gasteiger partial charge in [-0.1, -0.05) is 38.5 Å². The van der Waals surface area contributed by atoms with Crippen molar-refractivity contribution in [3.05, 3.63) is 66.5 Å². The van der Waals surface area contributed by atoms with Gasteiger partial charge in [-0.2, -0.15) is 0 Å². The van der Waals surface area contributed by atoms with E-state index in [4.69, 9.17) is 5.11 Å². The number of nitrogens with one attached hydrogen (secondary N) is 3. The van der Waals surface area contributed by atoms with Crippen LogP contribution in [0.15, 0.2) is 55.4 Å². The van der Waals surface area contributed by atoms with Crippen molar-refractivity contribution in [1.82, 2.24) is 15.2 Å². The Balaban J connectivity index is 1.94. The number of carboxylic acid groups (broad SMARTS) is 1. The van der Waals surface area contributed by atoms with E-state index in [0.29, 0.717) is 12.2 Å². The summed E-state index contributed by atoms with van der Waals surface area (Å²) in [6.07, 6.45) is 8.14. The predicted molar refractivity (Wildman–Crippen MR) is 156 cm³/mol. The quantitative estimate of drug-likeness (QED) is 0.217. The van der Waals surface area contributed by atoms with Crippen molar-refractivity contribution in [2.75, 3.05) is 17.6 Å². The van der Waals surface area contributed by atoms with E-state index in [9.17, 15) is 19.2 Å². The second-order valence-electron chi connectivity index (χ2n) is 9.86.